The second kappa shape index (κ2) is 4.87. The summed E-state index contributed by atoms with van der Waals surface area (Å²) in [7, 11) is 0. The van der Waals surface area contributed by atoms with Gasteiger partial charge >= 0.3 is 5.97 Å². The van der Waals surface area contributed by atoms with Crippen LogP contribution in [0.1, 0.15) is 13.3 Å². The minimum Gasteiger partial charge on any atom is -0.478 e. The van der Waals surface area contributed by atoms with Crippen LogP contribution < -0.4 is 10.6 Å². The van der Waals surface area contributed by atoms with Gasteiger partial charge in [-0.3, -0.25) is 0 Å². The maximum absolute atomic E-state index is 11.3. The monoisotopic (exact) mass is 246 g/mol. The Morgan fingerprint density at radius 2 is 2.44 bits per heavy atom. The molecule has 2 heterocycles. The van der Waals surface area contributed by atoms with Crippen LogP contribution in [0.15, 0.2) is 42.5 Å². The third-order valence-electron chi connectivity index (χ3n) is 2.83. The summed E-state index contributed by atoms with van der Waals surface area (Å²) in [5.74, 6) is -0.392. The molecule has 0 aliphatic carbocycles. The zero-order valence-corrected chi connectivity index (χ0v) is 9.92. The van der Waals surface area contributed by atoms with Crippen molar-refractivity contribution in [2.75, 3.05) is 5.32 Å². The topological polar surface area (TPSA) is 87.1 Å². The molecule has 6 heteroatoms. The van der Waals surface area contributed by atoms with Gasteiger partial charge < -0.3 is 15.7 Å². The highest BCUT2D eigenvalue weighted by molar-refractivity contribution is 5.90. The lowest BCUT2D eigenvalue weighted by Crippen LogP contribution is -2.53. The van der Waals surface area contributed by atoms with E-state index in [0.29, 0.717) is 12.2 Å². The molecule has 0 amide bonds. The van der Waals surface area contributed by atoms with E-state index in [4.69, 9.17) is 0 Å². The van der Waals surface area contributed by atoms with Crippen molar-refractivity contribution in [2.45, 2.75) is 19.0 Å². The SMILES string of the molecule is CCC1(Nc2ccncn2)NC=CC=C1C(=O)O. The third-order valence-corrected chi connectivity index (χ3v) is 2.83. The highest BCUT2D eigenvalue weighted by Crippen LogP contribution is 2.25. The standard InChI is InChI=1S/C12H14N4O2/c1-2-12(16-10-5-7-13-8-14-10)9(11(17)18)4-3-6-15-12/h3-8,15H,2H2,1H3,(H,17,18)(H,13,14,16). The molecule has 6 nitrogen and oxygen atoms in total. The lowest BCUT2D eigenvalue weighted by Gasteiger charge is -2.36. The molecular weight excluding hydrogens is 232 g/mol. The number of allylic oxidation sites excluding steroid dienone is 2. The Hall–Kier alpha value is -2.37. The molecule has 0 fully saturated rings. The summed E-state index contributed by atoms with van der Waals surface area (Å²) < 4.78 is 0. The average Bonchev–Trinajstić information content (AvgIpc) is 2.40. The molecule has 0 aromatic carbocycles. The summed E-state index contributed by atoms with van der Waals surface area (Å²) in [6, 6.07) is 1.69. The minimum absolute atomic E-state index is 0.256. The number of aromatic nitrogens is 2. The molecule has 0 saturated heterocycles. The molecule has 3 N–H and O–H groups in total. The number of aliphatic carboxylic acids is 1. The van der Waals surface area contributed by atoms with Crippen molar-refractivity contribution in [3.8, 4) is 0 Å². The fourth-order valence-corrected chi connectivity index (χ4v) is 1.88. The predicted octanol–water partition coefficient (Wildman–Crippen LogP) is 1.12. The summed E-state index contributed by atoms with van der Waals surface area (Å²) in [5, 5.41) is 15.4. The molecular formula is C12H14N4O2. The quantitative estimate of drug-likeness (QED) is 0.738. The van der Waals surface area contributed by atoms with Gasteiger partial charge in [-0.1, -0.05) is 6.92 Å². The number of nitrogens with zero attached hydrogens (tertiary/aromatic N) is 2. The number of dihydropyridines is 1. The van der Waals surface area contributed by atoms with E-state index in [0.717, 1.165) is 0 Å². The molecule has 1 aliphatic rings. The van der Waals surface area contributed by atoms with E-state index in [-0.39, 0.29) is 5.57 Å². The van der Waals surface area contributed by atoms with E-state index in [9.17, 15) is 9.90 Å². The molecule has 18 heavy (non-hydrogen) atoms. The van der Waals surface area contributed by atoms with Crippen molar-refractivity contribution in [3.05, 3.63) is 42.5 Å². The van der Waals surface area contributed by atoms with Gasteiger partial charge in [0.05, 0.1) is 5.57 Å². The van der Waals surface area contributed by atoms with E-state index in [1.165, 1.54) is 6.33 Å². The largest absolute Gasteiger partial charge is 0.478 e. The Kier molecular flexibility index (Phi) is 3.27. The lowest BCUT2D eigenvalue weighted by molar-refractivity contribution is -0.133. The highest BCUT2D eigenvalue weighted by Gasteiger charge is 2.37. The Labute approximate surface area is 104 Å². The normalized spacial score (nSPS) is 21.9. The number of rotatable bonds is 4. The van der Waals surface area contributed by atoms with Gasteiger partial charge in [0.2, 0.25) is 0 Å². The van der Waals surface area contributed by atoms with Gasteiger partial charge in [-0.2, -0.15) is 0 Å². The number of carboxylic acids is 1. The Balaban J connectivity index is 2.33. The predicted molar refractivity (Wildman–Crippen MR) is 66.7 cm³/mol. The van der Waals surface area contributed by atoms with Crippen LogP contribution in [0.5, 0.6) is 0 Å². The van der Waals surface area contributed by atoms with E-state index in [1.807, 2.05) is 6.92 Å². The number of nitrogens with one attached hydrogen (secondary N) is 2. The van der Waals surface area contributed by atoms with Crippen molar-refractivity contribution < 1.29 is 9.90 Å². The molecule has 1 unspecified atom stereocenters. The Morgan fingerprint density at radius 1 is 1.61 bits per heavy atom. The van der Waals surface area contributed by atoms with Crippen LogP contribution in [0.3, 0.4) is 0 Å². The molecule has 0 saturated carbocycles. The molecule has 1 aromatic heterocycles. The van der Waals surface area contributed by atoms with Crippen molar-refractivity contribution in [1.82, 2.24) is 15.3 Å². The molecule has 1 aliphatic heterocycles. The van der Waals surface area contributed by atoms with Gasteiger partial charge in [-0.25, -0.2) is 14.8 Å². The molecule has 0 radical (unpaired) electrons. The zero-order chi connectivity index (χ0) is 13.0. The minimum atomic E-state index is -0.963. The van der Waals surface area contributed by atoms with Crippen molar-refractivity contribution >= 4 is 11.8 Å². The molecule has 1 aromatic rings. The fourth-order valence-electron chi connectivity index (χ4n) is 1.88. The number of carboxylic acid groups (broad SMARTS) is 1. The summed E-state index contributed by atoms with van der Waals surface area (Å²) in [4.78, 5) is 19.2. The van der Waals surface area contributed by atoms with Crippen LogP contribution in [-0.4, -0.2) is 26.7 Å². The van der Waals surface area contributed by atoms with Crippen molar-refractivity contribution in [1.29, 1.82) is 0 Å². The Bertz CT molecular complexity index is 498. The number of hydrogen-bond acceptors (Lipinski definition) is 5. The first-order valence-electron chi connectivity index (χ1n) is 5.60. The van der Waals surface area contributed by atoms with Crippen LogP contribution >= 0.6 is 0 Å². The van der Waals surface area contributed by atoms with Crippen molar-refractivity contribution in [2.24, 2.45) is 0 Å². The van der Waals surface area contributed by atoms with E-state index in [2.05, 4.69) is 20.6 Å². The van der Waals surface area contributed by atoms with Gasteiger partial charge in [0.25, 0.3) is 0 Å². The molecule has 0 spiro atoms. The number of anilines is 1. The van der Waals surface area contributed by atoms with Gasteiger partial charge in [-0.05, 0) is 30.8 Å². The summed E-state index contributed by atoms with van der Waals surface area (Å²) >= 11 is 0. The van der Waals surface area contributed by atoms with Crippen LogP contribution in [0.2, 0.25) is 0 Å². The van der Waals surface area contributed by atoms with Crippen molar-refractivity contribution in [3.63, 3.8) is 0 Å². The second-order valence-electron chi connectivity index (χ2n) is 3.87. The first-order chi connectivity index (χ1) is 8.68. The maximum atomic E-state index is 11.3. The van der Waals surface area contributed by atoms with E-state index >= 15 is 0 Å². The summed E-state index contributed by atoms with van der Waals surface area (Å²) in [5.41, 5.74) is -0.597. The molecule has 94 valence electrons. The summed E-state index contributed by atoms with van der Waals surface area (Å²) in [6.45, 7) is 1.90. The fraction of sp³-hybridized carbons (Fsp3) is 0.250. The number of hydrogen-bond donors (Lipinski definition) is 3. The van der Waals surface area contributed by atoms with Gasteiger partial charge in [0.15, 0.2) is 0 Å². The number of carbonyl (C=O) groups is 1. The summed E-state index contributed by atoms with van der Waals surface area (Å²) in [6.07, 6.45) is 8.52. The lowest BCUT2D eigenvalue weighted by atomic mass is 9.93. The van der Waals surface area contributed by atoms with Crippen LogP contribution in [0, 0.1) is 0 Å². The average molecular weight is 246 g/mol. The van der Waals surface area contributed by atoms with Gasteiger partial charge in [-0.15, -0.1) is 0 Å². The van der Waals surface area contributed by atoms with Gasteiger partial charge in [0, 0.05) is 6.20 Å². The third kappa shape index (κ3) is 2.17. The smallest absolute Gasteiger partial charge is 0.335 e. The second-order valence-corrected chi connectivity index (χ2v) is 3.87. The zero-order valence-electron chi connectivity index (χ0n) is 9.92. The van der Waals surface area contributed by atoms with E-state index < -0.39 is 11.6 Å². The van der Waals surface area contributed by atoms with Crippen LogP contribution in [0.4, 0.5) is 5.82 Å². The Morgan fingerprint density at radius 3 is 3.06 bits per heavy atom. The highest BCUT2D eigenvalue weighted by atomic mass is 16.4. The van der Waals surface area contributed by atoms with Gasteiger partial charge in [0.1, 0.15) is 17.8 Å². The van der Waals surface area contributed by atoms with Crippen LogP contribution in [0.25, 0.3) is 0 Å². The first-order valence-corrected chi connectivity index (χ1v) is 5.60. The van der Waals surface area contributed by atoms with Crippen LogP contribution in [-0.2, 0) is 4.79 Å². The maximum Gasteiger partial charge on any atom is 0.335 e. The first kappa shape index (κ1) is 12.1. The molecule has 2 rings (SSSR count). The molecule has 0 bridgehead atoms. The molecule has 1 atom stereocenters. The van der Waals surface area contributed by atoms with E-state index in [1.54, 1.807) is 30.6 Å².